The van der Waals surface area contributed by atoms with E-state index in [1.54, 1.807) is 11.9 Å². The summed E-state index contributed by atoms with van der Waals surface area (Å²) in [5, 5.41) is 5.77. The van der Waals surface area contributed by atoms with Crippen LogP contribution in [-0.2, 0) is 9.53 Å². The fraction of sp³-hybridized carbons (Fsp3) is 0.818. The molecule has 1 heterocycles. The molecule has 0 aromatic carbocycles. The summed E-state index contributed by atoms with van der Waals surface area (Å²) in [5.41, 5.74) is -0.318. The Hall–Kier alpha value is -1.30. The number of hydrogen-bond acceptors (Lipinski definition) is 4. The Labute approximate surface area is 103 Å². The molecule has 1 fully saturated rings. The molecule has 0 aliphatic carbocycles. The van der Waals surface area contributed by atoms with E-state index in [4.69, 9.17) is 0 Å². The minimum absolute atomic E-state index is 0.0292. The van der Waals surface area contributed by atoms with Crippen molar-refractivity contribution in [3.8, 4) is 0 Å². The third kappa shape index (κ3) is 8.50. The number of nitrogens with zero attached hydrogens (tertiary/aromatic N) is 1. The Bertz CT molecular complexity index is 233. The first-order valence-electron chi connectivity index (χ1n) is 5.69. The molecule has 1 saturated heterocycles. The van der Waals surface area contributed by atoms with Gasteiger partial charge in [0.2, 0.25) is 0 Å². The van der Waals surface area contributed by atoms with Crippen molar-refractivity contribution in [2.75, 3.05) is 33.2 Å². The monoisotopic (exact) mass is 245 g/mol. The van der Waals surface area contributed by atoms with Gasteiger partial charge in [-0.15, -0.1) is 0 Å². The van der Waals surface area contributed by atoms with E-state index in [1.165, 1.54) is 0 Å². The molecule has 1 aliphatic heterocycles. The van der Waals surface area contributed by atoms with Gasteiger partial charge < -0.3 is 20.3 Å². The zero-order valence-corrected chi connectivity index (χ0v) is 11.1. The highest BCUT2D eigenvalue weighted by molar-refractivity contribution is 5.73. The van der Waals surface area contributed by atoms with Gasteiger partial charge in [-0.1, -0.05) is 0 Å². The molecule has 0 radical (unpaired) electrons. The third-order valence-corrected chi connectivity index (χ3v) is 2.02. The van der Waals surface area contributed by atoms with Crippen LogP contribution in [0.15, 0.2) is 0 Å². The Morgan fingerprint density at radius 3 is 2.18 bits per heavy atom. The summed E-state index contributed by atoms with van der Waals surface area (Å²) in [4.78, 5) is 22.4. The number of nitrogens with one attached hydrogen (secondary N) is 2. The molecule has 0 aromatic rings. The molecule has 0 atom stereocenters. The van der Waals surface area contributed by atoms with Crippen LogP contribution in [0.25, 0.3) is 0 Å². The van der Waals surface area contributed by atoms with E-state index in [2.05, 4.69) is 15.4 Å². The molecule has 100 valence electrons. The molecular formula is C11H23N3O3. The van der Waals surface area contributed by atoms with Crippen molar-refractivity contribution < 1.29 is 14.3 Å². The number of urea groups is 1. The lowest BCUT2D eigenvalue weighted by Crippen LogP contribution is -2.49. The van der Waals surface area contributed by atoms with Crippen molar-refractivity contribution in [1.29, 1.82) is 0 Å². The Morgan fingerprint density at radius 1 is 1.35 bits per heavy atom. The van der Waals surface area contributed by atoms with Gasteiger partial charge in [0.1, 0.15) is 5.60 Å². The highest BCUT2D eigenvalue weighted by Crippen LogP contribution is 2.02. The minimum atomic E-state index is -0.318. The fourth-order valence-corrected chi connectivity index (χ4v) is 1.17. The zero-order chi connectivity index (χ0) is 13.3. The smallest absolute Gasteiger partial charge is 0.317 e. The molecule has 2 N–H and O–H groups in total. The van der Waals surface area contributed by atoms with Gasteiger partial charge in [0.15, 0.2) is 0 Å². The lowest BCUT2D eigenvalue weighted by atomic mass is 10.2. The topological polar surface area (TPSA) is 70.7 Å². The van der Waals surface area contributed by atoms with E-state index in [0.717, 1.165) is 26.2 Å². The van der Waals surface area contributed by atoms with Crippen LogP contribution in [-0.4, -0.2) is 56.2 Å². The van der Waals surface area contributed by atoms with Crippen molar-refractivity contribution in [2.24, 2.45) is 0 Å². The summed E-state index contributed by atoms with van der Waals surface area (Å²) >= 11 is 0. The zero-order valence-electron chi connectivity index (χ0n) is 11.1. The predicted molar refractivity (Wildman–Crippen MR) is 65.8 cm³/mol. The van der Waals surface area contributed by atoms with E-state index < -0.39 is 0 Å². The quantitative estimate of drug-likeness (QED) is 0.647. The van der Waals surface area contributed by atoms with Crippen molar-refractivity contribution in [1.82, 2.24) is 15.5 Å². The van der Waals surface area contributed by atoms with Gasteiger partial charge in [-0.3, -0.25) is 4.79 Å². The second-order valence-corrected chi connectivity index (χ2v) is 4.62. The summed E-state index contributed by atoms with van der Waals surface area (Å²) < 4.78 is 4.55. The third-order valence-electron chi connectivity index (χ3n) is 2.02. The molecular weight excluding hydrogens is 222 g/mol. The molecule has 0 spiro atoms. The minimum Gasteiger partial charge on any atom is -0.462 e. The lowest BCUT2D eigenvalue weighted by molar-refractivity contribution is -0.138. The second-order valence-electron chi connectivity index (χ2n) is 4.62. The first kappa shape index (κ1) is 15.7. The molecule has 1 rings (SSSR count). The summed E-state index contributed by atoms with van der Waals surface area (Å²) in [6.07, 6.45) is 0. The average molecular weight is 245 g/mol. The number of amides is 2. The van der Waals surface area contributed by atoms with Crippen molar-refractivity contribution >= 4 is 12.5 Å². The lowest BCUT2D eigenvalue weighted by Gasteiger charge is -2.26. The molecule has 0 saturated carbocycles. The highest BCUT2D eigenvalue weighted by atomic mass is 16.5. The Morgan fingerprint density at radius 2 is 1.88 bits per heavy atom. The van der Waals surface area contributed by atoms with Gasteiger partial charge in [-0.25, -0.2) is 4.79 Å². The summed E-state index contributed by atoms with van der Waals surface area (Å²) in [6, 6.07) is 0.0292. The normalized spacial score (nSPS) is 15.4. The van der Waals surface area contributed by atoms with Crippen LogP contribution in [0, 0.1) is 0 Å². The van der Waals surface area contributed by atoms with Crippen molar-refractivity contribution in [2.45, 2.75) is 26.4 Å². The van der Waals surface area contributed by atoms with Crippen LogP contribution in [0.4, 0.5) is 4.79 Å². The van der Waals surface area contributed by atoms with Gasteiger partial charge in [-0.2, -0.15) is 0 Å². The number of hydrogen-bond donors (Lipinski definition) is 2. The average Bonchev–Trinajstić information content (AvgIpc) is 2.28. The maximum atomic E-state index is 11.0. The predicted octanol–water partition coefficient (Wildman–Crippen LogP) is 0.189. The van der Waals surface area contributed by atoms with Crippen LogP contribution in [0.1, 0.15) is 20.8 Å². The largest absolute Gasteiger partial charge is 0.462 e. The second kappa shape index (κ2) is 7.89. The SMILES string of the molecule is CC(C)(C)OC=O.CNC(=O)N1CCNCC1. The number of rotatable bonds is 1. The van der Waals surface area contributed by atoms with Gasteiger partial charge >= 0.3 is 6.03 Å². The number of carbonyl (C=O) groups excluding carboxylic acids is 2. The van der Waals surface area contributed by atoms with Crippen LogP contribution in [0.2, 0.25) is 0 Å². The van der Waals surface area contributed by atoms with Crippen LogP contribution < -0.4 is 10.6 Å². The first-order chi connectivity index (χ1) is 7.90. The molecule has 0 unspecified atom stereocenters. The fourth-order valence-electron chi connectivity index (χ4n) is 1.17. The van der Waals surface area contributed by atoms with Gasteiger partial charge in [0.25, 0.3) is 6.47 Å². The van der Waals surface area contributed by atoms with Crippen molar-refractivity contribution in [3.63, 3.8) is 0 Å². The molecule has 17 heavy (non-hydrogen) atoms. The highest BCUT2D eigenvalue weighted by Gasteiger charge is 2.13. The van der Waals surface area contributed by atoms with Crippen LogP contribution in [0.5, 0.6) is 0 Å². The number of ether oxygens (including phenoxy) is 1. The molecule has 1 aliphatic rings. The number of piperazine rings is 1. The molecule has 6 nitrogen and oxygen atoms in total. The van der Waals surface area contributed by atoms with E-state index in [9.17, 15) is 9.59 Å². The van der Waals surface area contributed by atoms with E-state index in [-0.39, 0.29) is 11.6 Å². The van der Waals surface area contributed by atoms with Gasteiger partial charge in [0, 0.05) is 33.2 Å². The summed E-state index contributed by atoms with van der Waals surface area (Å²) in [5.74, 6) is 0. The standard InChI is InChI=1S/C6H13N3O.C5H10O2/c1-7-6(10)9-4-2-8-3-5-9;1-5(2,3)7-4-6/h8H,2-5H2,1H3,(H,7,10);4H,1-3H3. The maximum Gasteiger partial charge on any atom is 0.317 e. The van der Waals surface area contributed by atoms with E-state index in [1.807, 2.05) is 20.8 Å². The first-order valence-corrected chi connectivity index (χ1v) is 5.69. The summed E-state index contributed by atoms with van der Waals surface area (Å²) in [7, 11) is 1.66. The number of carbonyl (C=O) groups is 2. The van der Waals surface area contributed by atoms with Gasteiger partial charge in [-0.05, 0) is 20.8 Å². The Balaban J connectivity index is 0.000000325. The van der Waals surface area contributed by atoms with Crippen LogP contribution in [0.3, 0.4) is 0 Å². The molecule has 6 heteroatoms. The molecule has 0 bridgehead atoms. The van der Waals surface area contributed by atoms with E-state index >= 15 is 0 Å². The van der Waals surface area contributed by atoms with Crippen molar-refractivity contribution in [3.05, 3.63) is 0 Å². The summed E-state index contributed by atoms with van der Waals surface area (Å²) in [6.45, 7) is 9.38. The van der Waals surface area contributed by atoms with Gasteiger partial charge in [0.05, 0.1) is 0 Å². The van der Waals surface area contributed by atoms with E-state index in [0.29, 0.717) is 6.47 Å². The van der Waals surface area contributed by atoms with Crippen LogP contribution >= 0.6 is 0 Å². The molecule has 2 amide bonds. The molecule has 0 aromatic heterocycles. The Kier molecular flexibility index (Phi) is 7.29. The maximum absolute atomic E-state index is 11.0.